The van der Waals surface area contributed by atoms with Gasteiger partial charge in [0.15, 0.2) is 0 Å². The second-order valence-corrected chi connectivity index (χ2v) is 6.16. The van der Waals surface area contributed by atoms with Gasteiger partial charge in [0.1, 0.15) is 0 Å². The fraction of sp³-hybridized carbons (Fsp3) is 0.769. The zero-order valence-corrected chi connectivity index (χ0v) is 12.4. The summed E-state index contributed by atoms with van der Waals surface area (Å²) in [6.07, 6.45) is 5.18. The van der Waals surface area contributed by atoms with Gasteiger partial charge >= 0.3 is 0 Å². The molecule has 1 aromatic rings. The van der Waals surface area contributed by atoms with Crippen molar-refractivity contribution in [1.82, 2.24) is 20.0 Å². The van der Waals surface area contributed by atoms with Crippen molar-refractivity contribution in [1.29, 1.82) is 0 Å². The largest absolute Gasteiger partial charge is 0.312 e. The molecule has 0 amide bonds. The number of likely N-dealkylation sites (N-methyl/N-ethyl adjacent to an activating group) is 2. The van der Waals surface area contributed by atoms with Gasteiger partial charge in [0.25, 0.3) is 0 Å². The molecule has 1 fully saturated rings. The predicted octanol–water partition coefficient (Wildman–Crippen LogP) is 0.988. The Morgan fingerprint density at radius 2 is 2.39 bits per heavy atom. The molecular formula is C13H24N4S. The van der Waals surface area contributed by atoms with Crippen LogP contribution in [0.25, 0.3) is 0 Å². The molecule has 0 bridgehead atoms. The molecule has 102 valence electrons. The number of hydrogen-bond acceptors (Lipinski definition) is 4. The minimum Gasteiger partial charge on any atom is -0.312 e. The fourth-order valence-electron chi connectivity index (χ4n) is 2.57. The highest BCUT2D eigenvalue weighted by Crippen LogP contribution is 2.19. The molecule has 1 saturated heterocycles. The Hall–Kier alpha value is -0.520. The molecule has 2 rings (SSSR count). The van der Waals surface area contributed by atoms with E-state index in [4.69, 9.17) is 0 Å². The van der Waals surface area contributed by atoms with Crippen LogP contribution in [-0.2, 0) is 13.5 Å². The van der Waals surface area contributed by atoms with E-state index in [2.05, 4.69) is 47.2 Å². The van der Waals surface area contributed by atoms with E-state index in [-0.39, 0.29) is 0 Å². The van der Waals surface area contributed by atoms with Crippen molar-refractivity contribution < 1.29 is 0 Å². The van der Waals surface area contributed by atoms with Gasteiger partial charge in [-0.1, -0.05) is 6.92 Å². The molecule has 1 N–H and O–H groups in total. The van der Waals surface area contributed by atoms with Crippen LogP contribution in [0.5, 0.6) is 0 Å². The first-order valence-electron chi connectivity index (χ1n) is 6.69. The van der Waals surface area contributed by atoms with Gasteiger partial charge < -0.3 is 10.2 Å². The maximum Gasteiger partial charge on any atom is 0.0522 e. The van der Waals surface area contributed by atoms with E-state index in [9.17, 15) is 0 Å². The van der Waals surface area contributed by atoms with Crippen LogP contribution in [0.1, 0.15) is 12.5 Å². The van der Waals surface area contributed by atoms with Gasteiger partial charge in [-0.15, -0.1) is 0 Å². The van der Waals surface area contributed by atoms with Gasteiger partial charge in [0, 0.05) is 43.4 Å². The molecule has 0 aromatic carbocycles. The summed E-state index contributed by atoms with van der Waals surface area (Å²) in [5, 5.41) is 7.91. The second kappa shape index (κ2) is 6.59. The first-order valence-corrected chi connectivity index (χ1v) is 7.85. The Balaban J connectivity index is 2.02. The molecule has 2 heterocycles. The highest BCUT2D eigenvalue weighted by molar-refractivity contribution is 7.99. The van der Waals surface area contributed by atoms with Crippen molar-refractivity contribution >= 4 is 11.8 Å². The summed E-state index contributed by atoms with van der Waals surface area (Å²) in [6, 6.07) is 1.15. The Labute approximate surface area is 114 Å². The van der Waals surface area contributed by atoms with Gasteiger partial charge in [0.2, 0.25) is 0 Å². The summed E-state index contributed by atoms with van der Waals surface area (Å²) >= 11 is 2.07. The van der Waals surface area contributed by atoms with Gasteiger partial charge in [-0.2, -0.15) is 16.9 Å². The zero-order chi connectivity index (χ0) is 13.0. The molecule has 18 heavy (non-hydrogen) atoms. The molecule has 1 aliphatic heterocycles. The van der Waals surface area contributed by atoms with Crippen LogP contribution >= 0.6 is 11.8 Å². The first-order chi connectivity index (χ1) is 8.70. The van der Waals surface area contributed by atoms with Crippen LogP contribution in [0.4, 0.5) is 0 Å². The van der Waals surface area contributed by atoms with E-state index in [1.54, 1.807) is 0 Å². The Morgan fingerprint density at radius 3 is 3.00 bits per heavy atom. The molecule has 0 radical (unpaired) electrons. The molecule has 1 aromatic heterocycles. The quantitative estimate of drug-likeness (QED) is 0.863. The molecule has 4 nitrogen and oxygen atoms in total. The normalized spacial score (nSPS) is 23.2. The third-order valence-electron chi connectivity index (χ3n) is 3.59. The van der Waals surface area contributed by atoms with Crippen molar-refractivity contribution in [2.45, 2.75) is 25.4 Å². The SMILES string of the molecule is CCNC(Cc1cnn(C)c1)C1CSCCN1C. The van der Waals surface area contributed by atoms with Crippen molar-refractivity contribution in [2.24, 2.45) is 7.05 Å². The number of thioether (sulfide) groups is 1. The van der Waals surface area contributed by atoms with Crippen molar-refractivity contribution in [2.75, 3.05) is 31.6 Å². The van der Waals surface area contributed by atoms with Gasteiger partial charge in [-0.25, -0.2) is 0 Å². The number of nitrogens with zero attached hydrogens (tertiary/aromatic N) is 3. The van der Waals surface area contributed by atoms with E-state index in [1.807, 2.05) is 17.9 Å². The molecule has 1 aliphatic rings. The molecule has 2 atom stereocenters. The molecule has 0 saturated carbocycles. The number of rotatable bonds is 5. The van der Waals surface area contributed by atoms with Gasteiger partial charge in [-0.3, -0.25) is 4.68 Å². The van der Waals surface area contributed by atoms with Crippen LogP contribution < -0.4 is 5.32 Å². The third-order valence-corrected chi connectivity index (χ3v) is 4.64. The highest BCUT2D eigenvalue weighted by Gasteiger charge is 2.27. The minimum absolute atomic E-state index is 0.525. The van der Waals surface area contributed by atoms with Crippen LogP contribution in [-0.4, -0.2) is 58.4 Å². The average molecular weight is 268 g/mol. The standard InChI is InChI=1S/C13H24N4S/c1-4-14-12(7-11-8-15-17(3)9-11)13-10-18-6-5-16(13)2/h8-9,12-14H,4-7,10H2,1-3H3. The molecule has 0 aliphatic carbocycles. The van der Waals surface area contributed by atoms with Gasteiger partial charge in [-0.05, 0) is 25.6 Å². The van der Waals surface area contributed by atoms with E-state index < -0.39 is 0 Å². The summed E-state index contributed by atoms with van der Waals surface area (Å²) in [5.74, 6) is 2.49. The lowest BCUT2D eigenvalue weighted by atomic mass is 10.0. The lowest BCUT2D eigenvalue weighted by molar-refractivity contribution is 0.215. The zero-order valence-electron chi connectivity index (χ0n) is 11.6. The lowest BCUT2D eigenvalue weighted by Crippen LogP contribution is -2.53. The monoisotopic (exact) mass is 268 g/mol. The Bertz CT molecular complexity index is 366. The van der Waals surface area contributed by atoms with E-state index >= 15 is 0 Å². The minimum atomic E-state index is 0.525. The highest BCUT2D eigenvalue weighted by atomic mass is 32.2. The van der Waals surface area contributed by atoms with E-state index in [0.29, 0.717) is 12.1 Å². The van der Waals surface area contributed by atoms with Crippen molar-refractivity contribution in [3.8, 4) is 0 Å². The third kappa shape index (κ3) is 3.49. The average Bonchev–Trinajstić information content (AvgIpc) is 2.75. The fourth-order valence-corrected chi connectivity index (χ4v) is 3.88. The summed E-state index contributed by atoms with van der Waals surface area (Å²) in [7, 11) is 4.23. The summed E-state index contributed by atoms with van der Waals surface area (Å²) in [5.41, 5.74) is 1.33. The van der Waals surface area contributed by atoms with Crippen LogP contribution in [0.15, 0.2) is 12.4 Å². The Kier molecular flexibility index (Phi) is 5.09. The van der Waals surface area contributed by atoms with Crippen molar-refractivity contribution in [3.05, 3.63) is 18.0 Å². The first kappa shape index (κ1) is 13.9. The van der Waals surface area contributed by atoms with Gasteiger partial charge in [0.05, 0.1) is 6.20 Å². The van der Waals surface area contributed by atoms with E-state index in [0.717, 1.165) is 13.0 Å². The smallest absolute Gasteiger partial charge is 0.0522 e. The lowest BCUT2D eigenvalue weighted by Gasteiger charge is -2.38. The topological polar surface area (TPSA) is 33.1 Å². The maximum absolute atomic E-state index is 4.26. The molecular weight excluding hydrogens is 244 g/mol. The van der Waals surface area contributed by atoms with E-state index in [1.165, 1.54) is 23.6 Å². The second-order valence-electron chi connectivity index (χ2n) is 5.01. The van der Waals surface area contributed by atoms with Crippen LogP contribution in [0.2, 0.25) is 0 Å². The molecule has 2 unspecified atom stereocenters. The molecule has 0 spiro atoms. The Morgan fingerprint density at radius 1 is 1.56 bits per heavy atom. The maximum atomic E-state index is 4.26. The van der Waals surface area contributed by atoms with Crippen LogP contribution in [0.3, 0.4) is 0 Å². The molecule has 5 heteroatoms. The number of hydrogen-bond donors (Lipinski definition) is 1. The predicted molar refractivity (Wildman–Crippen MR) is 78.1 cm³/mol. The number of aromatic nitrogens is 2. The number of nitrogens with one attached hydrogen (secondary N) is 1. The summed E-state index contributed by atoms with van der Waals surface area (Å²) < 4.78 is 1.89. The summed E-state index contributed by atoms with van der Waals surface area (Å²) in [6.45, 7) is 4.41. The van der Waals surface area contributed by atoms with Crippen molar-refractivity contribution in [3.63, 3.8) is 0 Å². The van der Waals surface area contributed by atoms with Crippen LogP contribution in [0, 0.1) is 0 Å². The number of aryl methyl sites for hydroxylation is 1. The summed E-state index contributed by atoms with van der Waals surface area (Å²) in [4.78, 5) is 2.50.